The van der Waals surface area contributed by atoms with Crippen LogP contribution in [0, 0.1) is 19.7 Å². The third-order valence-corrected chi connectivity index (χ3v) is 6.17. The number of nitrogens with one attached hydrogen (secondary N) is 1. The van der Waals surface area contributed by atoms with Crippen LogP contribution in [0.2, 0.25) is 0 Å². The minimum Gasteiger partial charge on any atom is -0.495 e. The summed E-state index contributed by atoms with van der Waals surface area (Å²) >= 11 is 1.16. The molecule has 0 bridgehead atoms. The van der Waals surface area contributed by atoms with Gasteiger partial charge in [0, 0.05) is 0 Å². The van der Waals surface area contributed by atoms with Crippen LogP contribution in [0.4, 0.5) is 10.1 Å². The predicted octanol–water partition coefficient (Wildman–Crippen LogP) is 4.52. The van der Waals surface area contributed by atoms with Gasteiger partial charge in [-0.15, -0.1) is 11.3 Å². The first kappa shape index (κ1) is 20.7. The first-order valence-corrected chi connectivity index (χ1v) is 10.4. The number of methoxy groups -OCH3 is 1. The van der Waals surface area contributed by atoms with E-state index in [1.54, 1.807) is 25.1 Å². The highest BCUT2D eigenvalue weighted by Crippen LogP contribution is 2.30. The Morgan fingerprint density at radius 3 is 2.77 bits per heavy atom. The zero-order valence-electron chi connectivity index (χ0n) is 17.2. The van der Waals surface area contributed by atoms with E-state index in [-0.39, 0.29) is 23.8 Å². The summed E-state index contributed by atoms with van der Waals surface area (Å²) in [7, 11) is 1.54. The second kappa shape index (κ2) is 8.31. The number of halogens is 1. The Bertz CT molecular complexity index is 1360. The summed E-state index contributed by atoms with van der Waals surface area (Å²) < 4.78 is 20.2. The van der Waals surface area contributed by atoms with E-state index in [0.717, 1.165) is 16.9 Å². The van der Waals surface area contributed by atoms with Crippen molar-refractivity contribution in [3.05, 3.63) is 86.5 Å². The van der Waals surface area contributed by atoms with Crippen molar-refractivity contribution in [3.63, 3.8) is 0 Å². The van der Waals surface area contributed by atoms with E-state index in [4.69, 9.17) is 4.74 Å². The molecule has 0 saturated carbocycles. The zero-order chi connectivity index (χ0) is 22.1. The fourth-order valence-electron chi connectivity index (χ4n) is 3.42. The summed E-state index contributed by atoms with van der Waals surface area (Å²) in [5, 5.41) is 3.26. The Morgan fingerprint density at radius 2 is 2.03 bits per heavy atom. The molecule has 0 fully saturated rings. The molecule has 4 rings (SSSR count). The van der Waals surface area contributed by atoms with E-state index < -0.39 is 0 Å². The van der Waals surface area contributed by atoms with Gasteiger partial charge in [0.25, 0.3) is 11.5 Å². The van der Waals surface area contributed by atoms with Crippen LogP contribution in [0.5, 0.6) is 5.75 Å². The van der Waals surface area contributed by atoms with Gasteiger partial charge in [0.1, 0.15) is 16.4 Å². The maximum atomic E-state index is 13.5. The number of carbonyl (C=O) groups excluding carboxylic acids is 1. The Balaban J connectivity index is 1.69. The lowest BCUT2D eigenvalue weighted by atomic mass is 10.1. The van der Waals surface area contributed by atoms with E-state index in [9.17, 15) is 14.0 Å². The highest BCUT2D eigenvalue weighted by molar-refractivity contribution is 7.20. The molecule has 1 amide bonds. The van der Waals surface area contributed by atoms with Crippen molar-refractivity contribution in [3.8, 4) is 5.75 Å². The number of anilines is 1. The van der Waals surface area contributed by atoms with E-state index in [0.29, 0.717) is 37.7 Å². The van der Waals surface area contributed by atoms with Gasteiger partial charge in [0.05, 0.1) is 35.9 Å². The molecule has 158 valence electrons. The van der Waals surface area contributed by atoms with Crippen molar-refractivity contribution < 1.29 is 13.9 Å². The normalized spacial score (nSPS) is 11.0. The number of carbonyl (C=O) groups is 1. The predicted molar refractivity (Wildman–Crippen MR) is 120 cm³/mol. The van der Waals surface area contributed by atoms with Crippen LogP contribution in [0.25, 0.3) is 10.2 Å². The third-order valence-electron chi connectivity index (χ3n) is 4.97. The molecular weight excluding hydrogens is 417 g/mol. The number of aromatic nitrogens is 2. The van der Waals surface area contributed by atoms with Gasteiger partial charge in [-0.1, -0.05) is 18.2 Å². The molecule has 0 radical (unpaired) electrons. The van der Waals surface area contributed by atoms with E-state index in [2.05, 4.69) is 10.3 Å². The molecule has 0 aliphatic heterocycles. The number of nitrogens with zero attached hydrogens (tertiary/aromatic N) is 2. The molecule has 0 aliphatic carbocycles. The van der Waals surface area contributed by atoms with Gasteiger partial charge in [0.2, 0.25) is 0 Å². The number of rotatable bonds is 5. The van der Waals surface area contributed by atoms with Crippen LogP contribution in [0.1, 0.15) is 26.4 Å². The molecule has 31 heavy (non-hydrogen) atoms. The fourth-order valence-corrected chi connectivity index (χ4v) is 4.45. The maximum absolute atomic E-state index is 13.5. The highest BCUT2D eigenvalue weighted by atomic mass is 32.1. The van der Waals surface area contributed by atoms with Crippen LogP contribution in [0.3, 0.4) is 0 Å². The maximum Gasteiger partial charge on any atom is 0.266 e. The largest absolute Gasteiger partial charge is 0.495 e. The smallest absolute Gasteiger partial charge is 0.266 e. The van der Waals surface area contributed by atoms with Crippen molar-refractivity contribution >= 4 is 33.1 Å². The van der Waals surface area contributed by atoms with Gasteiger partial charge in [-0.2, -0.15) is 0 Å². The second-order valence-electron chi connectivity index (χ2n) is 7.20. The summed E-state index contributed by atoms with van der Waals surface area (Å²) in [5.41, 5.74) is 2.48. The second-order valence-corrected chi connectivity index (χ2v) is 8.20. The number of hydrogen-bond donors (Lipinski definition) is 1. The van der Waals surface area contributed by atoms with Gasteiger partial charge in [-0.3, -0.25) is 14.2 Å². The lowest BCUT2D eigenvalue weighted by Crippen LogP contribution is -2.21. The molecule has 0 unspecified atom stereocenters. The molecule has 0 atom stereocenters. The molecule has 0 aliphatic rings. The Hall–Kier alpha value is -3.52. The first-order chi connectivity index (χ1) is 14.9. The molecular formula is C23H20FN3O3S. The van der Waals surface area contributed by atoms with Crippen LogP contribution in [0.15, 0.2) is 53.6 Å². The molecule has 8 heteroatoms. The monoisotopic (exact) mass is 437 g/mol. The Kier molecular flexibility index (Phi) is 5.56. The average Bonchev–Trinajstić information content (AvgIpc) is 3.08. The number of amides is 1. The Labute approximate surface area is 181 Å². The van der Waals surface area contributed by atoms with Crippen molar-refractivity contribution in [2.24, 2.45) is 0 Å². The van der Waals surface area contributed by atoms with Gasteiger partial charge in [-0.25, -0.2) is 9.37 Å². The topological polar surface area (TPSA) is 73.2 Å². The van der Waals surface area contributed by atoms with Gasteiger partial charge < -0.3 is 10.1 Å². The number of ether oxygens (including phenoxy) is 1. The van der Waals surface area contributed by atoms with Gasteiger partial charge in [0.15, 0.2) is 0 Å². The summed E-state index contributed by atoms with van der Waals surface area (Å²) in [6, 6.07) is 11.6. The van der Waals surface area contributed by atoms with Crippen molar-refractivity contribution in [1.29, 1.82) is 0 Å². The summed E-state index contributed by atoms with van der Waals surface area (Å²) in [4.78, 5) is 31.3. The van der Waals surface area contributed by atoms with Gasteiger partial charge >= 0.3 is 0 Å². The molecule has 6 nitrogen and oxygen atoms in total. The molecule has 2 heterocycles. The first-order valence-electron chi connectivity index (χ1n) is 9.56. The van der Waals surface area contributed by atoms with E-state index in [1.807, 2.05) is 19.1 Å². The van der Waals surface area contributed by atoms with Crippen molar-refractivity contribution in [2.75, 3.05) is 12.4 Å². The quantitative estimate of drug-likeness (QED) is 0.498. The third kappa shape index (κ3) is 4.06. The standard InChI is InChI=1S/C23H20FN3O3S/c1-13-7-8-18(30-3)17(9-13)26-21(28)20-14(2)19-22(31-20)25-12-27(23(19)29)11-15-5-4-6-16(24)10-15/h4-10,12H,11H2,1-3H3,(H,26,28). The summed E-state index contributed by atoms with van der Waals surface area (Å²) in [5.74, 6) is -0.148. The van der Waals surface area contributed by atoms with E-state index >= 15 is 0 Å². The lowest BCUT2D eigenvalue weighted by Gasteiger charge is -2.10. The van der Waals surface area contributed by atoms with Crippen LogP contribution in [-0.4, -0.2) is 22.6 Å². The number of fused-ring (bicyclic) bond motifs is 1. The molecule has 4 aromatic rings. The average molecular weight is 437 g/mol. The van der Waals surface area contributed by atoms with Crippen molar-refractivity contribution in [2.45, 2.75) is 20.4 Å². The summed E-state index contributed by atoms with van der Waals surface area (Å²) in [6.45, 7) is 3.85. The SMILES string of the molecule is COc1ccc(C)cc1NC(=O)c1sc2ncn(Cc3cccc(F)c3)c(=O)c2c1C. The molecule has 2 aromatic carbocycles. The number of hydrogen-bond acceptors (Lipinski definition) is 5. The molecule has 0 saturated heterocycles. The molecule has 0 spiro atoms. The lowest BCUT2D eigenvalue weighted by molar-refractivity contribution is 0.102. The number of aryl methyl sites for hydroxylation is 2. The van der Waals surface area contributed by atoms with Crippen LogP contribution >= 0.6 is 11.3 Å². The minimum absolute atomic E-state index is 0.191. The molecule has 1 N–H and O–H groups in total. The molecule has 2 aromatic heterocycles. The van der Waals surface area contributed by atoms with Crippen LogP contribution in [-0.2, 0) is 6.54 Å². The Morgan fingerprint density at radius 1 is 1.23 bits per heavy atom. The summed E-state index contributed by atoms with van der Waals surface area (Å²) in [6.07, 6.45) is 1.43. The zero-order valence-corrected chi connectivity index (χ0v) is 18.0. The highest BCUT2D eigenvalue weighted by Gasteiger charge is 2.20. The number of benzene rings is 2. The van der Waals surface area contributed by atoms with Crippen LogP contribution < -0.4 is 15.6 Å². The fraction of sp³-hybridized carbons (Fsp3) is 0.174. The van der Waals surface area contributed by atoms with E-state index in [1.165, 1.54) is 30.1 Å². The van der Waals surface area contributed by atoms with Crippen molar-refractivity contribution in [1.82, 2.24) is 9.55 Å². The minimum atomic E-state index is -0.364. The van der Waals surface area contributed by atoms with Gasteiger partial charge in [-0.05, 0) is 54.8 Å². The number of thiophene rings is 1.